The molecule has 0 fully saturated rings. The number of aromatic nitrogens is 2. The Morgan fingerprint density at radius 2 is 1.90 bits per heavy atom. The van der Waals surface area contributed by atoms with Crippen LogP contribution in [0.3, 0.4) is 0 Å². The van der Waals surface area contributed by atoms with Crippen LogP contribution in [-0.4, -0.2) is 20.6 Å². The smallest absolute Gasteiger partial charge is 0.309 e. The number of aliphatic carboxylic acids is 1. The average molecular weight is 272 g/mol. The highest BCUT2D eigenvalue weighted by atomic mass is 16.4. The lowest BCUT2D eigenvalue weighted by Crippen LogP contribution is -2.02. The number of benzene rings is 1. The number of carboxylic acids is 1. The van der Waals surface area contributed by atoms with Gasteiger partial charge in [-0.15, -0.1) is 0 Å². The predicted molar refractivity (Wildman–Crippen MR) is 78.8 cm³/mol. The van der Waals surface area contributed by atoms with Crippen molar-refractivity contribution in [2.24, 2.45) is 7.05 Å². The molecule has 0 bridgehead atoms. The van der Waals surface area contributed by atoms with Gasteiger partial charge in [0, 0.05) is 18.3 Å². The Hall–Kier alpha value is -2.10. The third-order valence-corrected chi connectivity index (χ3v) is 3.63. The van der Waals surface area contributed by atoms with E-state index in [9.17, 15) is 4.79 Å². The van der Waals surface area contributed by atoms with Gasteiger partial charge in [-0.3, -0.25) is 4.79 Å². The van der Waals surface area contributed by atoms with E-state index < -0.39 is 5.97 Å². The third-order valence-electron chi connectivity index (χ3n) is 3.63. The van der Waals surface area contributed by atoms with E-state index in [1.165, 1.54) is 5.56 Å². The molecule has 1 aromatic carbocycles. The van der Waals surface area contributed by atoms with Gasteiger partial charge in [-0.25, -0.2) is 4.98 Å². The number of rotatable bonds is 4. The molecule has 2 aromatic rings. The second-order valence-corrected chi connectivity index (χ2v) is 5.37. The topological polar surface area (TPSA) is 55.1 Å². The Labute approximate surface area is 119 Å². The van der Waals surface area contributed by atoms with E-state index in [1.54, 1.807) is 0 Å². The highest BCUT2D eigenvalue weighted by Gasteiger charge is 2.15. The second kappa shape index (κ2) is 5.49. The molecule has 2 rings (SSSR count). The van der Waals surface area contributed by atoms with Crippen molar-refractivity contribution < 1.29 is 9.90 Å². The summed E-state index contributed by atoms with van der Waals surface area (Å²) in [5.41, 5.74) is 3.82. The normalized spacial score (nSPS) is 11.1. The molecule has 0 aliphatic carbocycles. The van der Waals surface area contributed by atoms with Gasteiger partial charge in [-0.05, 0) is 18.4 Å². The van der Waals surface area contributed by atoms with Crippen LogP contribution in [0.4, 0.5) is 0 Å². The fourth-order valence-corrected chi connectivity index (χ4v) is 2.22. The van der Waals surface area contributed by atoms with Gasteiger partial charge in [-0.1, -0.05) is 38.1 Å². The second-order valence-electron chi connectivity index (χ2n) is 5.37. The molecule has 4 heteroatoms. The van der Waals surface area contributed by atoms with Crippen LogP contribution in [0.5, 0.6) is 0 Å². The fourth-order valence-electron chi connectivity index (χ4n) is 2.22. The van der Waals surface area contributed by atoms with Gasteiger partial charge in [0.05, 0.1) is 12.1 Å². The number of nitrogens with zero attached hydrogens (tertiary/aromatic N) is 2. The summed E-state index contributed by atoms with van der Waals surface area (Å²) >= 11 is 0. The molecule has 4 nitrogen and oxygen atoms in total. The van der Waals surface area contributed by atoms with Crippen LogP contribution < -0.4 is 0 Å². The van der Waals surface area contributed by atoms with E-state index in [2.05, 4.69) is 31.0 Å². The average Bonchev–Trinajstić information content (AvgIpc) is 2.67. The highest BCUT2D eigenvalue weighted by Crippen LogP contribution is 2.24. The summed E-state index contributed by atoms with van der Waals surface area (Å²) in [6.45, 7) is 6.22. The maximum atomic E-state index is 10.8. The molecule has 0 aliphatic heterocycles. The number of hydrogen-bond donors (Lipinski definition) is 1. The van der Waals surface area contributed by atoms with Gasteiger partial charge in [0.1, 0.15) is 5.82 Å². The number of hydrogen-bond acceptors (Lipinski definition) is 2. The molecular formula is C16H20N2O2. The van der Waals surface area contributed by atoms with Gasteiger partial charge in [-0.2, -0.15) is 0 Å². The first-order valence-electron chi connectivity index (χ1n) is 6.74. The summed E-state index contributed by atoms with van der Waals surface area (Å²) < 4.78 is 1.95. The van der Waals surface area contributed by atoms with Crippen LogP contribution in [0.25, 0.3) is 11.4 Å². The lowest BCUT2D eigenvalue weighted by molar-refractivity contribution is -0.136. The van der Waals surface area contributed by atoms with E-state index in [0.717, 1.165) is 17.1 Å². The van der Waals surface area contributed by atoms with E-state index in [1.807, 2.05) is 30.7 Å². The standard InChI is InChI=1S/C16H20N2O2/c1-10(2)12-5-7-13(8-6-12)16-17-14(9-15(19)20)11(3)18(16)4/h5-8,10H,9H2,1-4H3,(H,19,20). The van der Waals surface area contributed by atoms with E-state index in [0.29, 0.717) is 11.6 Å². The molecule has 0 saturated heterocycles. The molecule has 0 unspecified atom stereocenters. The third kappa shape index (κ3) is 2.74. The molecule has 0 amide bonds. The monoisotopic (exact) mass is 272 g/mol. The number of imidazole rings is 1. The quantitative estimate of drug-likeness (QED) is 0.930. The summed E-state index contributed by atoms with van der Waals surface area (Å²) in [4.78, 5) is 15.3. The molecule has 0 spiro atoms. The minimum Gasteiger partial charge on any atom is -0.481 e. The molecule has 0 radical (unpaired) electrons. The van der Waals surface area contributed by atoms with Crippen molar-refractivity contribution >= 4 is 5.97 Å². The summed E-state index contributed by atoms with van der Waals surface area (Å²) in [6.07, 6.45) is -0.0379. The van der Waals surface area contributed by atoms with Gasteiger partial charge in [0.15, 0.2) is 0 Å². The fraction of sp³-hybridized carbons (Fsp3) is 0.375. The van der Waals surface area contributed by atoms with Crippen LogP contribution in [0.1, 0.15) is 36.7 Å². The molecular weight excluding hydrogens is 252 g/mol. The van der Waals surface area contributed by atoms with Crippen molar-refractivity contribution in [3.8, 4) is 11.4 Å². The van der Waals surface area contributed by atoms with Gasteiger partial charge >= 0.3 is 5.97 Å². The van der Waals surface area contributed by atoms with Crippen LogP contribution in [0.15, 0.2) is 24.3 Å². The van der Waals surface area contributed by atoms with Gasteiger partial charge in [0.2, 0.25) is 0 Å². The molecule has 1 N–H and O–H groups in total. The van der Waals surface area contributed by atoms with Crippen molar-refractivity contribution in [1.82, 2.24) is 9.55 Å². The summed E-state index contributed by atoms with van der Waals surface area (Å²) in [5.74, 6) is 0.455. The van der Waals surface area contributed by atoms with Crippen LogP contribution >= 0.6 is 0 Å². The molecule has 106 valence electrons. The van der Waals surface area contributed by atoms with Crippen LogP contribution in [-0.2, 0) is 18.3 Å². The first kappa shape index (κ1) is 14.3. The molecule has 20 heavy (non-hydrogen) atoms. The van der Waals surface area contributed by atoms with Crippen LogP contribution in [0, 0.1) is 6.92 Å². The number of carbonyl (C=O) groups is 1. The Balaban J connectivity index is 2.39. The summed E-state index contributed by atoms with van der Waals surface area (Å²) in [6, 6.07) is 8.28. The lowest BCUT2D eigenvalue weighted by Gasteiger charge is -2.07. The Kier molecular flexibility index (Phi) is 3.93. The Morgan fingerprint density at radius 1 is 1.30 bits per heavy atom. The lowest BCUT2D eigenvalue weighted by atomic mass is 10.0. The van der Waals surface area contributed by atoms with Crippen molar-refractivity contribution in [2.45, 2.75) is 33.1 Å². The molecule has 0 saturated carbocycles. The van der Waals surface area contributed by atoms with Crippen molar-refractivity contribution in [1.29, 1.82) is 0 Å². The van der Waals surface area contributed by atoms with Gasteiger partial charge < -0.3 is 9.67 Å². The molecule has 0 aliphatic rings. The minimum absolute atomic E-state index is 0.0379. The molecule has 1 aromatic heterocycles. The van der Waals surface area contributed by atoms with E-state index in [-0.39, 0.29) is 6.42 Å². The van der Waals surface area contributed by atoms with Crippen LogP contribution in [0.2, 0.25) is 0 Å². The SMILES string of the molecule is Cc1c(CC(=O)O)nc(-c2ccc(C(C)C)cc2)n1C. The summed E-state index contributed by atoms with van der Waals surface area (Å²) in [5, 5.41) is 8.91. The maximum absolute atomic E-state index is 10.8. The van der Waals surface area contributed by atoms with E-state index >= 15 is 0 Å². The predicted octanol–water partition coefficient (Wildman–Crippen LogP) is 3.15. The maximum Gasteiger partial charge on any atom is 0.309 e. The van der Waals surface area contributed by atoms with Crippen molar-refractivity contribution in [2.75, 3.05) is 0 Å². The summed E-state index contributed by atoms with van der Waals surface area (Å²) in [7, 11) is 1.92. The first-order valence-corrected chi connectivity index (χ1v) is 6.74. The largest absolute Gasteiger partial charge is 0.481 e. The van der Waals surface area contributed by atoms with Crippen molar-refractivity contribution in [3.63, 3.8) is 0 Å². The molecule has 1 heterocycles. The molecule has 0 atom stereocenters. The first-order chi connectivity index (χ1) is 9.40. The number of carboxylic acid groups (broad SMARTS) is 1. The Morgan fingerprint density at radius 3 is 2.40 bits per heavy atom. The minimum atomic E-state index is -0.854. The zero-order chi connectivity index (χ0) is 14.9. The van der Waals surface area contributed by atoms with Gasteiger partial charge in [0.25, 0.3) is 0 Å². The zero-order valence-corrected chi connectivity index (χ0v) is 12.3. The van der Waals surface area contributed by atoms with E-state index in [4.69, 9.17) is 5.11 Å². The Bertz CT molecular complexity index is 625. The zero-order valence-electron chi connectivity index (χ0n) is 12.3. The highest BCUT2D eigenvalue weighted by molar-refractivity contribution is 5.70. The van der Waals surface area contributed by atoms with Crippen molar-refractivity contribution in [3.05, 3.63) is 41.2 Å².